The number of esters is 1. The van der Waals surface area contributed by atoms with Crippen LogP contribution in [0.4, 0.5) is 0 Å². The topological polar surface area (TPSA) is 82.1 Å². The molecule has 3 aromatic rings. The zero-order valence-electron chi connectivity index (χ0n) is 14.9. The van der Waals surface area contributed by atoms with Crippen molar-refractivity contribution in [1.29, 1.82) is 0 Å². The first-order chi connectivity index (χ1) is 13.6. The van der Waals surface area contributed by atoms with Gasteiger partial charge in [0.25, 0.3) is 0 Å². The molecule has 0 heterocycles. The number of para-hydroxylation sites is 2. The Morgan fingerprint density at radius 3 is 1.93 bits per heavy atom. The number of carboxylic acid groups (broad SMARTS) is 1. The summed E-state index contributed by atoms with van der Waals surface area (Å²) in [4.78, 5) is 23.4. The third-order valence-electron chi connectivity index (χ3n) is 3.77. The van der Waals surface area contributed by atoms with Crippen LogP contribution in [0, 0.1) is 0 Å². The highest BCUT2D eigenvalue weighted by molar-refractivity contribution is 5.95. The molecule has 6 heteroatoms. The van der Waals surface area contributed by atoms with Crippen molar-refractivity contribution in [3.8, 4) is 17.2 Å². The van der Waals surface area contributed by atoms with E-state index in [-0.39, 0.29) is 16.9 Å². The smallest absolute Gasteiger partial charge is 0.343 e. The lowest BCUT2D eigenvalue weighted by Gasteiger charge is -2.09. The van der Waals surface area contributed by atoms with Gasteiger partial charge >= 0.3 is 11.9 Å². The quantitative estimate of drug-likeness (QED) is 0.362. The van der Waals surface area contributed by atoms with E-state index in [0.29, 0.717) is 19.0 Å². The summed E-state index contributed by atoms with van der Waals surface area (Å²) in [6.45, 7) is 0.741. The van der Waals surface area contributed by atoms with Crippen LogP contribution in [0.1, 0.15) is 20.7 Å². The number of carbonyl (C=O) groups excluding carboxylic acids is 1. The van der Waals surface area contributed by atoms with Crippen molar-refractivity contribution in [2.45, 2.75) is 0 Å². The summed E-state index contributed by atoms with van der Waals surface area (Å²) in [5.74, 6) is -0.457. The van der Waals surface area contributed by atoms with Crippen molar-refractivity contribution in [2.24, 2.45) is 0 Å². The van der Waals surface area contributed by atoms with Crippen molar-refractivity contribution in [3.05, 3.63) is 90.0 Å². The van der Waals surface area contributed by atoms with Gasteiger partial charge in [-0.1, -0.05) is 30.3 Å². The number of aromatic carboxylic acids is 1. The summed E-state index contributed by atoms with van der Waals surface area (Å²) in [7, 11) is 0. The first-order valence-electron chi connectivity index (χ1n) is 8.59. The maximum atomic E-state index is 12.2. The van der Waals surface area contributed by atoms with Gasteiger partial charge in [-0.25, -0.2) is 9.59 Å². The molecule has 1 N–H and O–H groups in total. The Labute approximate surface area is 161 Å². The maximum absolute atomic E-state index is 12.2. The predicted octanol–water partition coefficient (Wildman–Crippen LogP) is 4.06. The van der Waals surface area contributed by atoms with E-state index < -0.39 is 11.9 Å². The minimum absolute atomic E-state index is 0.00149. The number of hydrogen-bond acceptors (Lipinski definition) is 5. The molecule has 3 aromatic carbocycles. The molecule has 6 nitrogen and oxygen atoms in total. The lowest BCUT2D eigenvalue weighted by Crippen LogP contribution is -2.12. The minimum atomic E-state index is -1.16. The Bertz CT molecular complexity index is 935. The van der Waals surface area contributed by atoms with E-state index in [0.717, 1.165) is 5.75 Å². The molecule has 3 rings (SSSR count). The van der Waals surface area contributed by atoms with Crippen LogP contribution in [0.3, 0.4) is 0 Å². The summed E-state index contributed by atoms with van der Waals surface area (Å²) < 4.78 is 16.3. The van der Waals surface area contributed by atoms with E-state index in [1.54, 1.807) is 36.4 Å². The van der Waals surface area contributed by atoms with Crippen LogP contribution in [0.25, 0.3) is 0 Å². The molecular formula is C22H18O6. The Kier molecular flexibility index (Phi) is 6.25. The second kappa shape index (κ2) is 9.23. The third-order valence-corrected chi connectivity index (χ3v) is 3.77. The summed E-state index contributed by atoms with van der Waals surface area (Å²) in [5, 5.41) is 9.14. The van der Waals surface area contributed by atoms with Crippen LogP contribution >= 0.6 is 0 Å². The van der Waals surface area contributed by atoms with E-state index in [1.807, 2.05) is 30.3 Å². The van der Waals surface area contributed by atoms with Crippen LogP contribution in [-0.2, 0) is 0 Å². The van der Waals surface area contributed by atoms with Crippen LogP contribution in [0.5, 0.6) is 17.2 Å². The van der Waals surface area contributed by atoms with E-state index in [1.165, 1.54) is 12.1 Å². The zero-order valence-corrected chi connectivity index (χ0v) is 14.9. The van der Waals surface area contributed by atoms with Gasteiger partial charge in [0.15, 0.2) is 0 Å². The number of carbonyl (C=O) groups is 2. The second-order valence-electron chi connectivity index (χ2n) is 5.73. The molecule has 0 aromatic heterocycles. The van der Waals surface area contributed by atoms with Gasteiger partial charge in [0.2, 0.25) is 0 Å². The van der Waals surface area contributed by atoms with Crippen molar-refractivity contribution in [2.75, 3.05) is 13.2 Å². The van der Waals surface area contributed by atoms with Gasteiger partial charge in [-0.3, -0.25) is 0 Å². The maximum Gasteiger partial charge on any atom is 0.343 e. The summed E-state index contributed by atoms with van der Waals surface area (Å²) >= 11 is 0. The Morgan fingerprint density at radius 1 is 0.714 bits per heavy atom. The normalized spacial score (nSPS) is 10.1. The average molecular weight is 378 g/mol. The molecule has 0 saturated carbocycles. The molecule has 0 amide bonds. The third kappa shape index (κ3) is 5.11. The van der Waals surface area contributed by atoms with Crippen molar-refractivity contribution >= 4 is 11.9 Å². The highest BCUT2D eigenvalue weighted by Gasteiger charge is 2.15. The molecule has 0 aliphatic rings. The second-order valence-corrected chi connectivity index (χ2v) is 5.73. The molecule has 0 unspecified atom stereocenters. The van der Waals surface area contributed by atoms with Crippen molar-refractivity contribution in [1.82, 2.24) is 0 Å². The first-order valence-corrected chi connectivity index (χ1v) is 8.59. The highest BCUT2D eigenvalue weighted by Crippen LogP contribution is 2.20. The molecule has 0 aliphatic carbocycles. The molecule has 142 valence electrons. The Balaban J connectivity index is 1.52. The largest absolute Gasteiger partial charge is 0.490 e. The number of carboxylic acids is 1. The van der Waals surface area contributed by atoms with E-state index in [2.05, 4.69) is 0 Å². The molecular weight excluding hydrogens is 360 g/mol. The average Bonchev–Trinajstić information content (AvgIpc) is 2.72. The Hall–Kier alpha value is -3.80. The Morgan fingerprint density at radius 2 is 1.29 bits per heavy atom. The van der Waals surface area contributed by atoms with Gasteiger partial charge < -0.3 is 19.3 Å². The fourth-order valence-corrected chi connectivity index (χ4v) is 2.41. The van der Waals surface area contributed by atoms with Gasteiger partial charge in [0.1, 0.15) is 36.0 Å². The summed E-state index contributed by atoms with van der Waals surface area (Å²) in [6.07, 6.45) is 0. The molecule has 0 bridgehead atoms. The molecule has 0 spiro atoms. The van der Waals surface area contributed by atoms with E-state index >= 15 is 0 Å². The SMILES string of the molecule is O=C(Oc1ccccc1C(=O)O)c1ccc(OCCOc2ccccc2)cc1. The van der Waals surface area contributed by atoms with E-state index in [4.69, 9.17) is 19.3 Å². The molecule has 0 fully saturated rings. The highest BCUT2D eigenvalue weighted by atomic mass is 16.5. The van der Waals surface area contributed by atoms with Crippen molar-refractivity contribution < 1.29 is 28.9 Å². The van der Waals surface area contributed by atoms with Crippen LogP contribution in [0.2, 0.25) is 0 Å². The number of rotatable bonds is 8. The van der Waals surface area contributed by atoms with Crippen LogP contribution in [-0.4, -0.2) is 30.3 Å². The molecule has 0 aliphatic heterocycles. The summed E-state index contributed by atoms with van der Waals surface area (Å²) in [5.41, 5.74) is 0.210. The standard InChI is InChI=1S/C22H18O6/c23-21(24)19-8-4-5-9-20(19)28-22(25)16-10-12-18(13-11-16)27-15-14-26-17-6-2-1-3-7-17/h1-13H,14-15H2,(H,23,24). The molecule has 0 radical (unpaired) electrons. The van der Waals surface area contributed by atoms with Gasteiger partial charge in [0.05, 0.1) is 5.56 Å². The molecule has 0 saturated heterocycles. The zero-order chi connectivity index (χ0) is 19.8. The lowest BCUT2D eigenvalue weighted by atomic mass is 10.2. The van der Waals surface area contributed by atoms with Crippen LogP contribution in [0.15, 0.2) is 78.9 Å². The lowest BCUT2D eigenvalue weighted by molar-refractivity contribution is 0.0681. The van der Waals surface area contributed by atoms with Gasteiger partial charge in [-0.15, -0.1) is 0 Å². The van der Waals surface area contributed by atoms with Gasteiger partial charge in [0, 0.05) is 0 Å². The van der Waals surface area contributed by atoms with E-state index in [9.17, 15) is 9.59 Å². The predicted molar refractivity (Wildman–Crippen MR) is 102 cm³/mol. The fraction of sp³-hybridized carbons (Fsp3) is 0.0909. The summed E-state index contributed by atoms with van der Waals surface area (Å²) in [6, 6.07) is 21.8. The van der Waals surface area contributed by atoms with Crippen molar-refractivity contribution in [3.63, 3.8) is 0 Å². The van der Waals surface area contributed by atoms with Crippen LogP contribution < -0.4 is 14.2 Å². The molecule has 28 heavy (non-hydrogen) atoms. The number of benzene rings is 3. The monoisotopic (exact) mass is 378 g/mol. The number of hydrogen-bond donors (Lipinski definition) is 1. The fourth-order valence-electron chi connectivity index (χ4n) is 2.41. The molecule has 0 atom stereocenters. The van der Waals surface area contributed by atoms with Gasteiger partial charge in [-0.05, 0) is 48.5 Å². The van der Waals surface area contributed by atoms with Gasteiger partial charge in [-0.2, -0.15) is 0 Å². The first kappa shape index (κ1) is 19.0. The minimum Gasteiger partial charge on any atom is -0.490 e. The number of ether oxygens (including phenoxy) is 3.